The molecule has 112 valence electrons. The lowest BCUT2D eigenvalue weighted by atomic mass is 10.0. The van der Waals surface area contributed by atoms with Gasteiger partial charge in [0.25, 0.3) is 0 Å². The van der Waals surface area contributed by atoms with E-state index in [1.165, 1.54) is 17.3 Å². The molecule has 1 aromatic carbocycles. The summed E-state index contributed by atoms with van der Waals surface area (Å²) in [6.45, 7) is 6.25. The van der Waals surface area contributed by atoms with Crippen LogP contribution in [-0.2, 0) is 9.59 Å². The summed E-state index contributed by atoms with van der Waals surface area (Å²) in [6.07, 6.45) is -0.0436. The molecule has 0 aromatic heterocycles. The topological polar surface area (TPSA) is 57.6 Å². The normalized spacial score (nSPS) is 15.6. The zero-order valence-corrected chi connectivity index (χ0v) is 13.3. The number of carboxylic acids is 1. The van der Waals surface area contributed by atoms with Crippen LogP contribution in [0.2, 0.25) is 0 Å². The number of rotatable bonds is 4. The SMILES string of the molecule is CC1=C(c2ccc(C)cc2C)N(CCC(=O)O)C(=O)CS1. The number of carboxylic acid groups (broad SMARTS) is 1. The van der Waals surface area contributed by atoms with Gasteiger partial charge in [0.05, 0.1) is 17.9 Å². The maximum atomic E-state index is 12.2. The van der Waals surface area contributed by atoms with Crippen LogP contribution in [0.4, 0.5) is 0 Å². The number of hydrogen-bond acceptors (Lipinski definition) is 3. The van der Waals surface area contributed by atoms with Crippen molar-refractivity contribution in [3.8, 4) is 0 Å². The van der Waals surface area contributed by atoms with Crippen LogP contribution in [0.25, 0.3) is 5.70 Å². The Labute approximate surface area is 128 Å². The predicted molar refractivity (Wildman–Crippen MR) is 84.9 cm³/mol. The molecule has 0 atom stereocenters. The second-order valence-electron chi connectivity index (χ2n) is 5.20. The molecule has 1 aromatic rings. The minimum absolute atomic E-state index is 0.0261. The van der Waals surface area contributed by atoms with Crippen molar-refractivity contribution in [3.05, 3.63) is 39.8 Å². The summed E-state index contributed by atoms with van der Waals surface area (Å²) in [7, 11) is 0. The highest BCUT2D eigenvalue weighted by molar-refractivity contribution is 8.03. The van der Waals surface area contributed by atoms with Crippen LogP contribution in [0.15, 0.2) is 23.1 Å². The van der Waals surface area contributed by atoms with Gasteiger partial charge in [-0.15, -0.1) is 11.8 Å². The Bertz CT molecular complexity index is 622. The monoisotopic (exact) mass is 305 g/mol. The fourth-order valence-corrected chi connectivity index (χ4v) is 3.34. The lowest BCUT2D eigenvalue weighted by Crippen LogP contribution is -2.36. The molecule has 0 saturated heterocycles. The maximum absolute atomic E-state index is 12.2. The van der Waals surface area contributed by atoms with Crippen LogP contribution in [0.1, 0.15) is 30.0 Å². The van der Waals surface area contributed by atoms with E-state index < -0.39 is 5.97 Å². The van der Waals surface area contributed by atoms with Gasteiger partial charge in [-0.2, -0.15) is 0 Å². The van der Waals surface area contributed by atoms with E-state index in [2.05, 4.69) is 6.07 Å². The highest BCUT2D eigenvalue weighted by atomic mass is 32.2. The second-order valence-corrected chi connectivity index (χ2v) is 6.39. The van der Waals surface area contributed by atoms with E-state index >= 15 is 0 Å². The van der Waals surface area contributed by atoms with E-state index in [0.29, 0.717) is 5.75 Å². The number of aliphatic carboxylic acids is 1. The minimum atomic E-state index is -0.890. The second kappa shape index (κ2) is 6.35. The van der Waals surface area contributed by atoms with Crippen LogP contribution in [0.5, 0.6) is 0 Å². The van der Waals surface area contributed by atoms with Crippen molar-refractivity contribution < 1.29 is 14.7 Å². The van der Waals surface area contributed by atoms with Gasteiger partial charge in [0.15, 0.2) is 0 Å². The highest BCUT2D eigenvalue weighted by Crippen LogP contribution is 2.36. The molecule has 1 amide bonds. The highest BCUT2D eigenvalue weighted by Gasteiger charge is 2.27. The van der Waals surface area contributed by atoms with E-state index in [1.807, 2.05) is 32.9 Å². The van der Waals surface area contributed by atoms with E-state index in [4.69, 9.17) is 5.11 Å². The molecule has 1 aliphatic heterocycles. The summed E-state index contributed by atoms with van der Waals surface area (Å²) in [5.41, 5.74) is 4.13. The van der Waals surface area contributed by atoms with Gasteiger partial charge < -0.3 is 10.0 Å². The number of thioether (sulfide) groups is 1. The Balaban J connectivity index is 2.44. The summed E-state index contributed by atoms with van der Waals surface area (Å²) in [6, 6.07) is 6.10. The van der Waals surface area contributed by atoms with E-state index in [-0.39, 0.29) is 18.9 Å². The fourth-order valence-electron chi connectivity index (χ4n) is 2.49. The molecule has 5 heteroatoms. The molecule has 0 aliphatic carbocycles. The van der Waals surface area contributed by atoms with Crippen molar-refractivity contribution in [1.29, 1.82) is 0 Å². The van der Waals surface area contributed by atoms with Crippen LogP contribution in [0, 0.1) is 13.8 Å². The number of benzene rings is 1. The fraction of sp³-hybridized carbons (Fsp3) is 0.375. The first-order valence-electron chi connectivity index (χ1n) is 6.83. The molecule has 2 rings (SSSR count). The van der Waals surface area contributed by atoms with Crippen molar-refractivity contribution in [1.82, 2.24) is 4.90 Å². The summed E-state index contributed by atoms with van der Waals surface area (Å²) in [4.78, 5) is 25.7. The molecular formula is C16H19NO3S. The molecular weight excluding hydrogens is 286 g/mol. The Morgan fingerprint density at radius 1 is 1.33 bits per heavy atom. The minimum Gasteiger partial charge on any atom is -0.481 e. The lowest BCUT2D eigenvalue weighted by molar-refractivity contribution is -0.137. The lowest BCUT2D eigenvalue weighted by Gasteiger charge is -2.31. The Morgan fingerprint density at radius 3 is 2.67 bits per heavy atom. The van der Waals surface area contributed by atoms with Gasteiger partial charge in [0.1, 0.15) is 0 Å². The zero-order valence-electron chi connectivity index (χ0n) is 12.5. The molecule has 1 N–H and O–H groups in total. The number of aryl methyl sites for hydroxylation is 2. The standard InChI is InChI=1S/C16H19NO3S/c1-10-4-5-13(11(2)8-10)16-12(3)21-9-14(18)17(16)7-6-15(19)20/h4-5,8H,6-7,9H2,1-3H3,(H,19,20). The molecule has 0 unspecified atom stereocenters. The van der Waals surface area contributed by atoms with Gasteiger partial charge >= 0.3 is 5.97 Å². The quantitative estimate of drug-likeness (QED) is 0.929. The number of hydrogen-bond donors (Lipinski definition) is 1. The first kappa shape index (κ1) is 15.6. The predicted octanol–water partition coefficient (Wildman–Crippen LogP) is 3.04. The number of amides is 1. The van der Waals surface area contributed by atoms with Crippen molar-refractivity contribution in [2.45, 2.75) is 27.2 Å². The van der Waals surface area contributed by atoms with Crippen LogP contribution in [-0.4, -0.2) is 34.2 Å². The van der Waals surface area contributed by atoms with Crippen LogP contribution < -0.4 is 0 Å². The maximum Gasteiger partial charge on any atom is 0.305 e. The third-order valence-corrected chi connectivity index (χ3v) is 4.52. The Morgan fingerprint density at radius 2 is 2.05 bits per heavy atom. The van der Waals surface area contributed by atoms with E-state index in [0.717, 1.165) is 21.7 Å². The number of allylic oxidation sites excluding steroid dienone is 1. The number of carbonyl (C=O) groups excluding carboxylic acids is 1. The summed E-state index contributed by atoms with van der Waals surface area (Å²) in [5, 5.41) is 8.88. The van der Waals surface area contributed by atoms with Crippen molar-refractivity contribution in [2.75, 3.05) is 12.3 Å². The van der Waals surface area contributed by atoms with Crippen LogP contribution in [0.3, 0.4) is 0 Å². The zero-order chi connectivity index (χ0) is 15.6. The average molecular weight is 305 g/mol. The van der Waals surface area contributed by atoms with E-state index in [1.54, 1.807) is 4.90 Å². The average Bonchev–Trinajstić information content (AvgIpc) is 2.40. The summed E-state index contributed by atoms with van der Waals surface area (Å²) < 4.78 is 0. The molecule has 0 fully saturated rings. The van der Waals surface area contributed by atoms with Gasteiger partial charge in [-0.05, 0) is 26.3 Å². The van der Waals surface area contributed by atoms with E-state index in [9.17, 15) is 9.59 Å². The van der Waals surface area contributed by atoms with Crippen molar-refractivity contribution in [3.63, 3.8) is 0 Å². The first-order valence-corrected chi connectivity index (χ1v) is 7.82. The molecule has 0 saturated carbocycles. The van der Waals surface area contributed by atoms with Gasteiger partial charge in [-0.25, -0.2) is 0 Å². The Hall–Kier alpha value is -1.75. The van der Waals surface area contributed by atoms with Gasteiger partial charge in [-0.1, -0.05) is 23.8 Å². The smallest absolute Gasteiger partial charge is 0.305 e. The molecule has 1 aliphatic rings. The van der Waals surface area contributed by atoms with Crippen LogP contribution >= 0.6 is 11.8 Å². The molecule has 0 bridgehead atoms. The summed E-state index contributed by atoms with van der Waals surface area (Å²) in [5.74, 6) is -0.541. The van der Waals surface area contributed by atoms with Gasteiger partial charge in [-0.3, -0.25) is 9.59 Å². The largest absolute Gasteiger partial charge is 0.481 e. The van der Waals surface area contributed by atoms with Gasteiger partial charge in [0.2, 0.25) is 5.91 Å². The number of carbonyl (C=O) groups is 2. The molecule has 4 nitrogen and oxygen atoms in total. The third-order valence-electron chi connectivity index (χ3n) is 3.50. The Kier molecular flexibility index (Phi) is 4.73. The first-order chi connectivity index (χ1) is 9.90. The number of nitrogens with zero attached hydrogens (tertiary/aromatic N) is 1. The third kappa shape index (κ3) is 3.47. The van der Waals surface area contributed by atoms with Crippen molar-refractivity contribution >= 4 is 29.3 Å². The molecule has 1 heterocycles. The summed E-state index contributed by atoms with van der Waals surface area (Å²) >= 11 is 1.52. The molecule has 0 radical (unpaired) electrons. The molecule has 21 heavy (non-hydrogen) atoms. The van der Waals surface area contributed by atoms with Crippen molar-refractivity contribution in [2.24, 2.45) is 0 Å². The molecule has 0 spiro atoms. The van der Waals surface area contributed by atoms with Gasteiger partial charge in [0, 0.05) is 17.0 Å².